The number of carbonyl (C=O) groups is 1. The fourth-order valence-electron chi connectivity index (χ4n) is 2.79. The van der Waals surface area contributed by atoms with Crippen molar-refractivity contribution in [3.05, 3.63) is 52.3 Å². The van der Waals surface area contributed by atoms with Crippen molar-refractivity contribution in [2.45, 2.75) is 38.1 Å². The highest BCUT2D eigenvalue weighted by Gasteiger charge is 2.39. The number of carbonyl (C=O) groups excluding carboxylic acids is 1. The second-order valence-electron chi connectivity index (χ2n) is 6.03. The summed E-state index contributed by atoms with van der Waals surface area (Å²) in [5, 5.41) is 13.6. The molecule has 23 heavy (non-hydrogen) atoms. The number of aryl methyl sites for hydroxylation is 2. The Morgan fingerprint density at radius 1 is 1.48 bits per heavy atom. The SMILES string of the molecule is Cc1[nH]ncc1CCCNC(=O)N[C@@H]1C[C@H]1c1cccc(Cl)c1. The normalized spacial score (nSPS) is 19.4. The number of H-pyrrole nitrogens is 1. The summed E-state index contributed by atoms with van der Waals surface area (Å²) in [6.07, 6.45) is 4.63. The summed E-state index contributed by atoms with van der Waals surface area (Å²) in [7, 11) is 0. The maximum absolute atomic E-state index is 11.9. The van der Waals surface area contributed by atoms with Crippen LogP contribution in [0.3, 0.4) is 0 Å². The van der Waals surface area contributed by atoms with Gasteiger partial charge in [-0.2, -0.15) is 5.10 Å². The van der Waals surface area contributed by atoms with Crippen molar-refractivity contribution in [1.29, 1.82) is 0 Å². The van der Waals surface area contributed by atoms with E-state index in [2.05, 4.69) is 26.9 Å². The van der Waals surface area contributed by atoms with Gasteiger partial charge in [0.2, 0.25) is 0 Å². The van der Waals surface area contributed by atoms with Crippen LogP contribution in [-0.4, -0.2) is 28.8 Å². The topological polar surface area (TPSA) is 69.8 Å². The molecule has 122 valence electrons. The van der Waals surface area contributed by atoms with E-state index >= 15 is 0 Å². The minimum absolute atomic E-state index is 0.0940. The van der Waals surface area contributed by atoms with Gasteiger partial charge in [-0.3, -0.25) is 5.10 Å². The summed E-state index contributed by atoms with van der Waals surface area (Å²) in [4.78, 5) is 11.9. The zero-order valence-electron chi connectivity index (χ0n) is 13.1. The lowest BCUT2D eigenvalue weighted by Crippen LogP contribution is -2.37. The Labute approximate surface area is 140 Å². The van der Waals surface area contributed by atoms with Crippen molar-refractivity contribution in [3.8, 4) is 0 Å². The van der Waals surface area contributed by atoms with Gasteiger partial charge in [-0.25, -0.2) is 4.79 Å². The van der Waals surface area contributed by atoms with Crippen molar-refractivity contribution in [2.24, 2.45) is 0 Å². The molecule has 2 aromatic rings. The molecule has 0 saturated heterocycles. The summed E-state index contributed by atoms with van der Waals surface area (Å²) in [6.45, 7) is 2.66. The quantitative estimate of drug-likeness (QED) is 0.711. The van der Waals surface area contributed by atoms with E-state index in [4.69, 9.17) is 11.6 Å². The lowest BCUT2D eigenvalue weighted by atomic mass is 10.1. The first kappa shape index (κ1) is 15.9. The van der Waals surface area contributed by atoms with Crippen LogP contribution in [0.15, 0.2) is 30.5 Å². The second kappa shape index (κ2) is 7.04. The molecular weight excluding hydrogens is 312 g/mol. The number of nitrogens with zero attached hydrogens (tertiary/aromatic N) is 1. The first-order valence-electron chi connectivity index (χ1n) is 7.92. The van der Waals surface area contributed by atoms with Crippen LogP contribution in [0, 0.1) is 6.92 Å². The molecule has 0 unspecified atom stereocenters. The van der Waals surface area contributed by atoms with Crippen molar-refractivity contribution in [2.75, 3.05) is 6.54 Å². The molecule has 0 radical (unpaired) electrons. The molecule has 1 aromatic carbocycles. The van der Waals surface area contributed by atoms with E-state index in [0.717, 1.165) is 30.0 Å². The van der Waals surface area contributed by atoms with E-state index in [1.807, 2.05) is 31.3 Å². The third-order valence-electron chi connectivity index (χ3n) is 4.23. The van der Waals surface area contributed by atoms with Gasteiger partial charge in [-0.15, -0.1) is 0 Å². The lowest BCUT2D eigenvalue weighted by Gasteiger charge is -2.07. The average Bonchev–Trinajstić information content (AvgIpc) is 3.17. The summed E-state index contributed by atoms with van der Waals surface area (Å²) in [5.41, 5.74) is 3.49. The molecule has 1 heterocycles. The summed E-state index contributed by atoms with van der Waals surface area (Å²) < 4.78 is 0. The highest BCUT2D eigenvalue weighted by molar-refractivity contribution is 6.30. The van der Waals surface area contributed by atoms with Gasteiger partial charge in [-0.05, 0) is 49.4 Å². The molecule has 3 N–H and O–H groups in total. The van der Waals surface area contributed by atoms with Crippen LogP contribution in [0.25, 0.3) is 0 Å². The van der Waals surface area contributed by atoms with Gasteiger partial charge in [0, 0.05) is 29.2 Å². The summed E-state index contributed by atoms with van der Waals surface area (Å²) >= 11 is 6.00. The Hall–Kier alpha value is -2.01. The van der Waals surface area contributed by atoms with Crippen molar-refractivity contribution < 1.29 is 4.79 Å². The standard InChI is InChI=1S/C17H21ClN4O/c1-11-13(10-20-22-11)5-3-7-19-17(23)21-16-9-15(16)12-4-2-6-14(18)8-12/h2,4,6,8,10,15-16H,3,5,7,9H2,1H3,(H,20,22)(H2,19,21,23)/t15-,16+/m0/s1. The van der Waals surface area contributed by atoms with E-state index in [1.54, 1.807) is 0 Å². The second-order valence-corrected chi connectivity index (χ2v) is 6.46. The minimum Gasteiger partial charge on any atom is -0.338 e. The Kier molecular flexibility index (Phi) is 4.86. The monoisotopic (exact) mass is 332 g/mol. The largest absolute Gasteiger partial charge is 0.338 e. The highest BCUT2D eigenvalue weighted by Crippen LogP contribution is 2.41. The molecule has 0 bridgehead atoms. The lowest BCUT2D eigenvalue weighted by molar-refractivity contribution is 0.240. The third kappa shape index (κ3) is 4.26. The Bertz CT molecular complexity index is 685. The van der Waals surface area contributed by atoms with Crippen LogP contribution in [-0.2, 0) is 6.42 Å². The van der Waals surface area contributed by atoms with E-state index in [9.17, 15) is 4.79 Å². The molecule has 6 heteroatoms. The highest BCUT2D eigenvalue weighted by atomic mass is 35.5. The van der Waals surface area contributed by atoms with Crippen LogP contribution in [0.4, 0.5) is 4.79 Å². The molecule has 1 aliphatic rings. The number of halogens is 1. The van der Waals surface area contributed by atoms with Crippen molar-refractivity contribution >= 4 is 17.6 Å². The van der Waals surface area contributed by atoms with E-state index in [1.165, 1.54) is 11.1 Å². The molecule has 3 rings (SSSR count). The van der Waals surface area contributed by atoms with Crippen molar-refractivity contribution in [1.82, 2.24) is 20.8 Å². The molecule has 5 nitrogen and oxygen atoms in total. The van der Waals surface area contributed by atoms with Crippen LogP contribution in [0.1, 0.15) is 35.6 Å². The van der Waals surface area contributed by atoms with Gasteiger partial charge in [0.05, 0.1) is 6.20 Å². The predicted molar refractivity (Wildman–Crippen MR) is 90.8 cm³/mol. The van der Waals surface area contributed by atoms with Crippen LogP contribution >= 0.6 is 11.6 Å². The number of hydrogen-bond acceptors (Lipinski definition) is 2. The molecule has 0 spiro atoms. The minimum atomic E-state index is -0.0940. The smallest absolute Gasteiger partial charge is 0.315 e. The zero-order chi connectivity index (χ0) is 16.2. The summed E-state index contributed by atoms with van der Waals surface area (Å²) in [6, 6.07) is 7.96. The molecular formula is C17H21ClN4O. The Balaban J connectivity index is 1.35. The number of nitrogens with one attached hydrogen (secondary N) is 3. The summed E-state index contributed by atoms with van der Waals surface area (Å²) in [5.74, 6) is 0.382. The fraction of sp³-hybridized carbons (Fsp3) is 0.412. The number of rotatable bonds is 6. The van der Waals surface area contributed by atoms with Gasteiger partial charge >= 0.3 is 6.03 Å². The number of benzene rings is 1. The van der Waals surface area contributed by atoms with Crippen molar-refractivity contribution in [3.63, 3.8) is 0 Å². The van der Waals surface area contributed by atoms with Gasteiger partial charge in [0.1, 0.15) is 0 Å². The Morgan fingerprint density at radius 2 is 2.35 bits per heavy atom. The first-order chi connectivity index (χ1) is 11.1. The molecule has 1 saturated carbocycles. The molecule has 1 fully saturated rings. The number of urea groups is 1. The zero-order valence-corrected chi connectivity index (χ0v) is 13.9. The van der Waals surface area contributed by atoms with E-state index in [0.29, 0.717) is 12.5 Å². The molecule has 2 amide bonds. The number of amides is 2. The molecule has 1 aliphatic carbocycles. The maximum Gasteiger partial charge on any atom is 0.315 e. The predicted octanol–water partition coefficient (Wildman–Crippen LogP) is 3.16. The van der Waals surface area contributed by atoms with Gasteiger partial charge in [-0.1, -0.05) is 23.7 Å². The third-order valence-corrected chi connectivity index (χ3v) is 4.46. The van der Waals surface area contributed by atoms with Gasteiger partial charge in [0.25, 0.3) is 0 Å². The first-order valence-corrected chi connectivity index (χ1v) is 8.30. The van der Waals surface area contributed by atoms with Crippen LogP contribution in [0.5, 0.6) is 0 Å². The Morgan fingerprint density at radius 3 is 3.09 bits per heavy atom. The number of hydrogen-bond donors (Lipinski definition) is 3. The van der Waals surface area contributed by atoms with Gasteiger partial charge in [0.15, 0.2) is 0 Å². The molecule has 2 atom stereocenters. The molecule has 1 aromatic heterocycles. The van der Waals surface area contributed by atoms with E-state index < -0.39 is 0 Å². The number of aromatic nitrogens is 2. The van der Waals surface area contributed by atoms with Crippen LogP contribution < -0.4 is 10.6 Å². The fourth-order valence-corrected chi connectivity index (χ4v) is 2.99. The average molecular weight is 333 g/mol. The van der Waals surface area contributed by atoms with E-state index in [-0.39, 0.29) is 12.1 Å². The van der Waals surface area contributed by atoms with Crippen LogP contribution in [0.2, 0.25) is 5.02 Å². The molecule has 0 aliphatic heterocycles. The van der Waals surface area contributed by atoms with Gasteiger partial charge < -0.3 is 10.6 Å². The number of aromatic amines is 1. The maximum atomic E-state index is 11.9.